The molecule has 0 saturated carbocycles. The molecule has 0 bridgehead atoms. The average molecular weight is 173 g/mol. The molecule has 0 rings (SSSR count). The predicted molar refractivity (Wildman–Crippen MR) is 53.1 cm³/mol. The summed E-state index contributed by atoms with van der Waals surface area (Å²) in [5.74, 6) is 0.615. The Bertz CT molecular complexity index is 100. The lowest BCUT2D eigenvalue weighted by molar-refractivity contribution is 0.0562. The summed E-state index contributed by atoms with van der Waals surface area (Å²) in [5, 5.41) is 0. The second-order valence-corrected chi connectivity index (χ2v) is 3.62. The fourth-order valence-corrected chi connectivity index (χ4v) is 1.33. The molecule has 1 atom stereocenters. The van der Waals surface area contributed by atoms with Crippen LogP contribution in [0.1, 0.15) is 40.5 Å². The summed E-state index contributed by atoms with van der Waals surface area (Å²) >= 11 is 0. The molecule has 0 fully saturated rings. The molecule has 0 aromatic heterocycles. The second-order valence-electron chi connectivity index (χ2n) is 3.62. The normalized spacial score (nSPS) is 14.2. The van der Waals surface area contributed by atoms with Crippen LogP contribution in [0.2, 0.25) is 0 Å². The minimum atomic E-state index is 0.211. The highest BCUT2D eigenvalue weighted by Gasteiger charge is 2.14. The Labute approximate surface area is 76.5 Å². The maximum Gasteiger partial charge on any atom is 0.0623 e. The molecular formula is C10H23NO. The molecule has 0 heterocycles. The van der Waals surface area contributed by atoms with E-state index in [2.05, 4.69) is 13.8 Å². The van der Waals surface area contributed by atoms with Gasteiger partial charge in [0.1, 0.15) is 0 Å². The highest BCUT2D eigenvalue weighted by molar-refractivity contribution is 4.70. The Balaban J connectivity index is 3.61. The van der Waals surface area contributed by atoms with Gasteiger partial charge in [0.2, 0.25) is 0 Å². The zero-order valence-corrected chi connectivity index (χ0v) is 8.84. The molecule has 0 aromatic carbocycles. The van der Waals surface area contributed by atoms with Gasteiger partial charge in [-0.2, -0.15) is 0 Å². The fourth-order valence-electron chi connectivity index (χ4n) is 1.33. The van der Waals surface area contributed by atoms with E-state index < -0.39 is 0 Å². The lowest BCUT2D eigenvalue weighted by Crippen LogP contribution is -2.35. The van der Waals surface area contributed by atoms with Gasteiger partial charge in [0.15, 0.2) is 0 Å². The highest BCUT2D eigenvalue weighted by atomic mass is 16.5. The molecule has 0 aliphatic heterocycles. The number of nitrogens with two attached hydrogens (primary N) is 1. The molecule has 12 heavy (non-hydrogen) atoms. The van der Waals surface area contributed by atoms with Crippen LogP contribution in [0.3, 0.4) is 0 Å². The molecule has 74 valence electrons. The Hall–Kier alpha value is -0.0800. The summed E-state index contributed by atoms with van der Waals surface area (Å²) in [6.45, 7) is 9.15. The molecule has 0 aliphatic carbocycles. The molecule has 0 radical (unpaired) electrons. The van der Waals surface area contributed by atoms with E-state index in [-0.39, 0.29) is 6.04 Å². The predicted octanol–water partition coefficient (Wildman–Crippen LogP) is 2.17. The summed E-state index contributed by atoms with van der Waals surface area (Å²) in [7, 11) is 0. The first-order valence-electron chi connectivity index (χ1n) is 4.98. The van der Waals surface area contributed by atoms with Crippen molar-refractivity contribution in [1.82, 2.24) is 0 Å². The van der Waals surface area contributed by atoms with Crippen LogP contribution in [0.5, 0.6) is 0 Å². The van der Waals surface area contributed by atoms with Crippen LogP contribution in [0.15, 0.2) is 0 Å². The van der Waals surface area contributed by atoms with Gasteiger partial charge in [-0.1, -0.05) is 26.7 Å². The molecule has 0 aliphatic rings. The van der Waals surface area contributed by atoms with Gasteiger partial charge in [0.25, 0.3) is 0 Å². The van der Waals surface area contributed by atoms with Gasteiger partial charge >= 0.3 is 0 Å². The summed E-state index contributed by atoms with van der Waals surface area (Å²) in [6.07, 6.45) is 2.60. The minimum absolute atomic E-state index is 0.211. The van der Waals surface area contributed by atoms with Gasteiger partial charge in [-0.05, 0) is 19.8 Å². The van der Waals surface area contributed by atoms with Gasteiger partial charge in [-0.3, -0.25) is 0 Å². The molecule has 0 saturated heterocycles. The number of rotatable bonds is 6. The van der Waals surface area contributed by atoms with Crippen LogP contribution < -0.4 is 5.73 Å². The van der Waals surface area contributed by atoms with Crippen LogP contribution in [0.4, 0.5) is 0 Å². The van der Waals surface area contributed by atoms with E-state index in [9.17, 15) is 0 Å². The van der Waals surface area contributed by atoms with Crippen LogP contribution in [0.25, 0.3) is 0 Å². The molecule has 0 aromatic rings. The third-order valence-corrected chi connectivity index (χ3v) is 2.28. The molecule has 2 N–H and O–H groups in total. The minimum Gasteiger partial charge on any atom is -0.377 e. The van der Waals surface area contributed by atoms with Gasteiger partial charge in [-0.15, -0.1) is 0 Å². The maximum absolute atomic E-state index is 5.96. The van der Waals surface area contributed by atoms with Gasteiger partial charge in [0.05, 0.1) is 12.7 Å². The maximum atomic E-state index is 5.96. The van der Waals surface area contributed by atoms with E-state index in [4.69, 9.17) is 10.5 Å². The van der Waals surface area contributed by atoms with Gasteiger partial charge in [-0.25, -0.2) is 0 Å². The second kappa shape index (κ2) is 6.44. The monoisotopic (exact) mass is 173 g/mol. The van der Waals surface area contributed by atoms with Gasteiger partial charge in [0, 0.05) is 6.04 Å². The quantitative estimate of drug-likeness (QED) is 0.668. The Kier molecular flexibility index (Phi) is 6.39. The largest absolute Gasteiger partial charge is 0.377 e. The Morgan fingerprint density at radius 3 is 2.00 bits per heavy atom. The molecule has 2 nitrogen and oxygen atoms in total. The SMILES string of the molecule is CCC(CC)C(N)COC(C)C. The van der Waals surface area contributed by atoms with E-state index >= 15 is 0 Å². The van der Waals surface area contributed by atoms with Crippen molar-refractivity contribution in [2.45, 2.75) is 52.7 Å². The first-order chi connectivity index (χ1) is 5.61. The molecular weight excluding hydrogens is 150 g/mol. The van der Waals surface area contributed by atoms with Crippen molar-refractivity contribution < 1.29 is 4.74 Å². The van der Waals surface area contributed by atoms with Crippen molar-refractivity contribution in [2.75, 3.05) is 6.61 Å². The zero-order valence-electron chi connectivity index (χ0n) is 8.84. The van der Waals surface area contributed by atoms with Crippen molar-refractivity contribution in [3.8, 4) is 0 Å². The smallest absolute Gasteiger partial charge is 0.0623 e. The standard InChI is InChI=1S/C10H23NO/c1-5-9(6-2)10(11)7-12-8(3)4/h8-10H,5-7,11H2,1-4H3. The molecule has 1 unspecified atom stereocenters. The molecule has 0 amide bonds. The van der Waals surface area contributed by atoms with E-state index in [0.29, 0.717) is 18.6 Å². The lowest BCUT2D eigenvalue weighted by Gasteiger charge is -2.21. The molecule has 0 spiro atoms. The first kappa shape index (κ1) is 11.9. The number of ether oxygens (including phenoxy) is 1. The van der Waals surface area contributed by atoms with Crippen molar-refractivity contribution in [2.24, 2.45) is 11.7 Å². The van der Waals surface area contributed by atoms with E-state index in [1.165, 1.54) is 0 Å². The third-order valence-electron chi connectivity index (χ3n) is 2.28. The Morgan fingerprint density at radius 1 is 1.17 bits per heavy atom. The average Bonchev–Trinajstić information content (AvgIpc) is 2.03. The summed E-state index contributed by atoms with van der Waals surface area (Å²) < 4.78 is 5.46. The number of hydrogen-bond donors (Lipinski definition) is 1. The van der Waals surface area contributed by atoms with E-state index in [0.717, 1.165) is 12.8 Å². The third kappa shape index (κ3) is 4.73. The van der Waals surface area contributed by atoms with Crippen LogP contribution in [-0.2, 0) is 4.74 Å². The molecule has 2 heteroatoms. The van der Waals surface area contributed by atoms with Crippen molar-refractivity contribution in [3.05, 3.63) is 0 Å². The zero-order chi connectivity index (χ0) is 9.56. The topological polar surface area (TPSA) is 35.2 Å². The first-order valence-corrected chi connectivity index (χ1v) is 4.98. The van der Waals surface area contributed by atoms with Crippen molar-refractivity contribution in [3.63, 3.8) is 0 Å². The van der Waals surface area contributed by atoms with Crippen LogP contribution >= 0.6 is 0 Å². The van der Waals surface area contributed by atoms with Crippen LogP contribution in [0, 0.1) is 5.92 Å². The highest BCUT2D eigenvalue weighted by Crippen LogP contribution is 2.11. The van der Waals surface area contributed by atoms with E-state index in [1.807, 2.05) is 13.8 Å². The number of hydrogen-bond acceptors (Lipinski definition) is 2. The van der Waals surface area contributed by atoms with Crippen molar-refractivity contribution >= 4 is 0 Å². The van der Waals surface area contributed by atoms with Crippen LogP contribution in [-0.4, -0.2) is 18.8 Å². The lowest BCUT2D eigenvalue weighted by atomic mass is 9.95. The summed E-state index contributed by atoms with van der Waals surface area (Å²) in [5.41, 5.74) is 5.96. The Morgan fingerprint density at radius 2 is 1.67 bits per heavy atom. The van der Waals surface area contributed by atoms with Gasteiger partial charge < -0.3 is 10.5 Å². The summed E-state index contributed by atoms with van der Waals surface area (Å²) in [6, 6.07) is 0.211. The van der Waals surface area contributed by atoms with Crippen molar-refractivity contribution in [1.29, 1.82) is 0 Å². The fraction of sp³-hybridized carbons (Fsp3) is 1.00. The van der Waals surface area contributed by atoms with E-state index in [1.54, 1.807) is 0 Å². The summed E-state index contributed by atoms with van der Waals surface area (Å²) in [4.78, 5) is 0.